The van der Waals surface area contributed by atoms with Crippen molar-refractivity contribution in [2.45, 2.75) is 46.7 Å². The molecule has 0 aliphatic carbocycles. The molecule has 6 aromatic carbocycles. The first-order valence-electron chi connectivity index (χ1n) is 26.2. The van der Waals surface area contributed by atoms with Crippen LogP contribution in [0.2, 0.25) is 39.3 Å². The molecule has 11 nitrogen and oxygen atoms in total. The van der Waals surface area contributed by atoms with E-state index in [0.29, 0.717) is 6.26 Å². The first kappa shape index (κ1) is 67.6. The summed E-state index contributed by atoms with van der Waals surface area (Å²) in [5, 5.41) is 21.3. The van der Waals surface area contributed by atoms with Crippen LogP contribution in [0.15, 0.2) is 222 Å². The van der Waals surface area contributed by atoms with E-state index in [4.69, 9.17) is 35.0 Å². The van der Waals surface area contributed by atoms with Crippen molar-refractivity contribution < 1.29 is 75.2 Å². The van der Waals surface area contributed by atoms with E-state index >= 15 is 0 Å². The van der Waals surface area contributed by atoms with E-state index in [1.54, 1.807) is 6.20 Å². The van der Waals surface area contributed by atoms with Crippen LogP contribution in [0, 0.1) is 18.2 Å². The Kier molecular flexibility index (Phi) is 27.4. The molecule has 6 heterocycles. The Morgan fingerprint density at radius 3 is 1.26 bits per heavy atom. The molecule has 6 aromatic heterocycles. The van der Waals surface area contributed by atoms with Gasteiger partial charge < -0.3 is 38.6 Å². The zero-order valence-electron chi connectivity index (χ0n) is 48.5. The summed E-state index contributed by atoms with van der Waals surface area (Å²) in [4.78, 5) is 17.8. The zero-order chi connectivity index (χ0) is 59.0. The number of nitrogens with zero attached hydrogens (tertiary/aromatic N) is 4. The van der Waals surface area contributed by atoms with Gasteiger partial charge in [-0.2, -0.15) is 0 Å². The van der Waals surface area contributed by atoms with Crippen molar-refractivity contribution >= 4 is 80.5 Å². The van der Waals surface area contributed by atoms with Crippen LogP contribution in [0.25, 0.3) is 88.9 Å². The van der Waals surface area contributed by atoms with Crippen LogP contribution in [0.1, 0.15) is 10.4 Å². The van der Waals surface area contributed by atoms with Crippen LogP contribution >= 0.6 is 0 Å². The molecule has 0 saturated carbocycles. The summed E-state index contributed by atoms with van der Waals surface area (Å²) < 4.78 is 49.0. The number of benzene rings is 6. The van der Waals surface area contributed by atoms with Gasteiger partial charge in [0.15, 0.2) is 11.2 Å². The Morgan fingerprint density at radius 1 is 0.463 bits per heavy atom. The van der Waals surface area contributed by atoms with E-state index in [1.165, 1.54) is 10.4 Å². The van der Waals surface area contributed by atoms with Crippen LogP contribution < -0.4 is 10.4 Å². The summed E-state index contributed by atoms with van der Waals surface area (Å²) in [6.07, 6.45) is 7.87. The Morgan fingerprint density at radius 2 is 0.854 bits per heavy atom. The monoisotopic (exact) mass is 1510 g/mol. The van der Waals surface area contributed by atoms with Crippen LogP contribution in [-0.4, -0.2) is 79.7 Å². The van der Waals surface area contributed by atoms with Crippen molar-refractivity contribution in [2.24, 2.45) is 0 Å². The summed E-state index contributed by atoms with van der Waals surface area (Å²) >= 11 is 0. The molecule has 16 heteroatoms. The van der Waals surface area contributed by atoms with Gasteiger partial charge in [0.25, 0.3) is 0 Å². The summed E-state index contributed by atoms with van der Waals surface area (Å²) in [6.45, 7) is 14.1. The predicted octanol–water partition coefficient (Wildman–Crippen LogP) is 14.5. The molecule has 2 radical (unpaired) electrons. The second-order valence-corrected chi connectivity index (χ2v) is 31.0. The van der Waals surface area contributed by atoms with Gasteiger partial charge in [0, 0.05) is 119 Å². The van der Waals surface area contributed by atoms with Gasteiger partial charge in [0.05, 0.1) is 28.2 Å². The van der Waals surface area contributed by atoms with E-state index in [2.05, 4.69) is 138 Å². The SMILES string of the molecule is C.CO.CO.CS(=O)(=O)[O-].C[Si](C)(C)c1ccc[c-]c1-c1cc2c(cn1)oc1ccccc12.C[Si](C)(C)c1ccc[c-]c1-c1cc2c(cn1)oc1ccccc12.[2H][2H].[Ir].[Ir].[c-]1ccccc1-c1ccccn1.c1ccc(-c2ccccn2)cc1. The third kappa shape index (κ3) is 19.6. The molecule has 0 spiro atoms. The minimum atomic E-state index is -3.92. The van der Waals surface area contributed by atoms with Crippen molar-refractivity contribution in [3.8, 4) is 45.0 Å². The number of hydrogen-bond donors (Lipinski definition) is 2. The van der Waals surface area contributed by atoms with Gasteiger partial charge in [-0.25, -0.2) is 8.42 Å². The van der Waals surface area contributed by atoms with Crippen molar-refractivity contribution in [2.75, 3.05) is 20.5 Å². The molecule has 0 unspecified atom stereocenters. The first-order valence-corrected chi connectivity index (χ1v) is 34.1. The summed E-state index contributed by atoms with van der Waals surface area (Å²) in [5.74, 6) is 0. The zero-order valence-corrected chi connectivity index (χ0v) is 54.1. The fourth-order valence-corrected chi connectivity index (χ4v) is 11.4. The van der Waals surface area contributed by atoms with Gasteiger partial charge in [0.2, 0.25) is 0 Å². The summed E-state index contributed by atoms with van der Waals surface area (Å²) in [5.41, 5.74) is 11.9. The summed E-state index contributed by atoms with van der Waals surface area (Å²) in [6, 6.07) is 72.8. The van der Waals surface area contributed by atoms with Gasteiger partial charge in [0.1, 0.15) is 11.2 Å². The normalized spacial score (nSPS) is 10.6. The molecular formula is C66H70Ir2N4O7SSi2-4. The van der Waals surface area contributed by atoms with E-state index < -0.39 is 26.3 Å². The van der Waals surface area contributed by atoms with Crippen LogP contribution in [0.3, 0.4) is 0 Å². The molecule has 12 rings (SSSR count). The minimum absolute atomic E-state index is 0. The number of para-hydroxylation sites is 2. The Balaban J connectivity index is 0.000000369. The number of fused-ring (bicyclic) bond motifs is 6. The molecule has 0 saturated heterocycles. The molecule has 0 fully saturated rings. The van der Waals surface area contributed by atoms with E-state index in [-0.39, 0.29) is 47.6 Å². The third-order valence-electron chi connectivity index (χ3n) is 11.8. The second-order valence-electron chi connectivity index (χ2n) is 19.5. The van der Waals surface area contributed by atoms with Gasteiger partial charge in [-0.15, -0.1) is 106 Å². The number of furan rings is 2. The number of pyridine rings is 4. The molecule has 82 heavy (non-hydrogen) atoms. The molecule has 432 valence electrons. The Labute approximate surface area is 515 Å². The van der Waals surface area contributed by atoms with Crippen molar-refractivity contribution in [1.29, 1.82) is 0 Å². The van der Waals surface area contributed by atoms with Gasteiger partial charge in [-0.3, -0.25) is 4.98 Å². The summed E-state index contributed by atoms with van der Waals surface area (Å²) in [7, 11) is -4.84. The maximum atomic E-state index is 9.08. The first-order chi connectivity index (χ1) is 39.0. The fourth-order valence-electron chi connectivity index (χ4n) is 8.30. The van der Waals surface area contributed by atoms with Crippen molar-refractivity contribution in [1.82, 2.24) is 19.9 Å². The molecule has 0 aliphatic rings. The largest absolute Gasteiger partial charge is 0.748 e. The standard InChI is InChI=1S/2C20H18NOSi.C11H9N.C11H8N.CH4O3S.2CH4O.CH4.2Ir.H2/c2*1-23(2,3)20-11-7-5-9-15(20)17-12-16-14-8-4-6-10-18(14)22-19(16)13-21-17;2*1-2-6-10(7-3-1)11-8-4-5-9-12-11;1-5(2,3)4;2*1-2;;;;/h2*4-8,10-13H,1-3H3;1-9H;1-6,8-9H;1H3,(H,2,3,4);2*2H,1H3;1H4;;;1H/q2*-1;;-1;;;;;;;/p-1/i;;;;;;;;;;1+1D. The molecule has 2 N–H and O–H groups in total. The smallest absolute Gasteiger partial charge is 0.151 e. The van der Waals surface area contributed by atoms with Crippen LogP contribution in [0.5, 0.6) is 0 Å². The number of rotatable bonds is 6. The maximum Gasteiger partial charge on any atom is 0.151 e. The van der Waals surface area contributed by atoms with Crippen LogP contribution in [-0.2, 0) is 50.3 Å². The topological polar surface area (TPSA) is 175 Å². The molecule has 0 aliphatic heterocycles. The molecular weight excluding hydrogens is 1430 g/mol. The third-order valence-corrected chi connectivity index (χ3v) is 15.8. The van der Waals surface area contributed by atoms with Gasteiger partial charge in [-0.05, 0) is 47.4 Å². The number of aliphatic hydroxyl groups excluding tert-OH is 2. The number of hydrogen-bond acceptors (Lipinski definition) is 11. The van der Waals surface area contributed by atoms with E-state index in [0.717, 1.165) is 103 Å². The molecule has 0 amide bonds. The average molecular weight is 1510 g/mol. The van der Waals surface area contributed by atoms with Gasteiger partial charge in [-0.1, -0.05) is 144 Å². The quantitative estimate of drug-likeness (QED) is 0.0920. The molecule has 12 aromatic rings. The number of aromatic nitrogens is 4. The average Bonchev–Trinajstić information content (AvgIpc) is 2.51. The van der Waals surface area contributed by atoms with Crippen LogP contribution in [0.4, 0.5) is 0 Å². The van der Waals surface area contributed by atoms with E-state index in [9.17, 15) is 0 Å². The fraction of sp³-hybridized carbons (Fsp3) is 0.152. The Bertz CT molecular complexity index is 3610. The molecule has 0 atom stereocenters. The Hall–Kier alpha value is -6.92. The molecule has 0 bridgehead atoms. The van der Waals surface area contributed by atoms with Crippen molar-refractivity contribution in [3.63, 3.8) is 0 Å². The minimum Gasteiger partial charge on any atom is -0.748 e. The van der Waals surface area contributed by atoms with Crippen molar-refractivity contribution in [3.05, 3.63) is 231 Å². The maximum absolute atomic E-state index is 9.08. The predicted molar refractivity (Wildman–Crippen MR) is 336 cm³/mol. The number of aliphatic hydroxyl groups is 2. The van der Waals surface area contributed by atoms with E-state index in [1.807, 2.05) is 146 Å². The van der Waals surface area contributed by atoms with Gasteiger partial charge >= 0.3 is 0 Å². The second kappa shape index (κ2) is 33.3.